The highest BCUT2D eigenvalue weighted by molar-refractivity contribution is 5.73. The van der Waals surface area contributed by atoms with Crippen LogP contribution in [-0.2, 0) is 13.1 Å². The molecular formula is C23H26FN5O2. The molecule has 3 rings (SSSR count). The Bertz CT molecular complexity index is 993. The summed E-state index contributed by atoms with van der Waals surface area (Å²) in [4.78, 5) is 23.0. The largest absolute Gasteiger partial charge is 0.439 e. The van der Waals surface area contributed by atoms with Gasteiger partial charge in [-0.1, -0.05) is 18.2 Å². The third-order valence-electron chi connectivity index (χ3n) is 4.65. The summed E-state index contributed by atoms with van der Waals surface area (Å²) in [5, 5.41) is 5.59. The number of pyridine rings is 2. The zero-order chi connectivity index (χ0) is 22.1. The number of hydrogen-bond acceptors (Lipinski definition) is 5. The van der Waals surface area contributed by atoms with E-state index in [2.05, 4.69) is 39.3 Å². The number of amides is 2. The molecule has 0 atom stereocenters. The van der Waals surface area contributed by atoms with Gasteiger partial charge in [0.25, 0.3) is 0 Å². The van der Waals surface area contributed by atoms with Crippen LogP contribution in [0.1, 0.15) is 25.0 Å². The van der Waals surface area contributed by atoms with Gasteiger partial charge in [-0.15, -0.1) is 0 Å². The summed E-state index contributed by atoms with van der Waals surface area (Å²) in [6.45, 7) is 6.52. The van der Waals surface area contributed by atoms with Crippen LogP contribution in [-0.4, -0.2) is 29.1 Å². The van der Waals surface area contributed by atoms with Gasteiger partial charge in [-0.05, 0) is 43.7 Å². The molecular weight excluding hydrogens is 397 g/mol. The number of hydrogen-bond donors (Lipinski definition) is 2. The SMILES string of the molecule is CCN(CC)c1ccc(CNC(=O)NCc2cccnc2Oc2cccc(F)c2)cn1. The number of urea groups is 1. The Morgan fingerprint density at radius 1 is 1.03 bits per heavy atom. The molecule has 3 aromatic rings. The summed E-state index contributed by atoms with van der Waals surface area (Å²) in [5.41, 5.74) is 1.58. The number of nitrogens with one attached hydrogen (secondary N) is 2. The highest BCUT2D eigenvalue weighted by Crippen LogP contribution is 2.23. The van der Waals surface area contributed by atoms with E-state index in [9.17, 15) is 9.18 Å². The van der Waals surface area contributed by atoms with Crippen molar-refractivity contribution >= 4 is 11.8 Å². The third-order valence-corrected chi connectivity index (χ3v) is 4.65. The molecule has 1 aromatic carbocycles. The molecule has 0 saturated carbocycles. The van der Waals surface area contributed by atoms with Crippen molar-refractivity contribution in [2.45, 2.75) is 26.9 Å². The lowest BCUT2D eigenvalue weighted by atomic mass is 10.2. The molecule has 2 amide bonds. The number of carbonyl (C=O) groups excluding carboxylic acids is 1. The second-order valence-electron chi connectivity index (χ2n) is 6.76. The van der Waals surface area contributed by atoms with Crippen LogP contribution in [0.2, 0.25) is 0 Å². The van der Waals surface area contributed by atoms with Gasteiger partial charge < -0.3 is 20.3 Å². The molecule has 0 unspecified atom stereocenters. The number of nitrogens with zero attached hydrogens (tertiary/aromatic N) is 3. The summed E-state index contributed by atoms with van der Waals surface area (Å²) in [7, 11) is 0. The first-order chi connectivity index (χ1) is 15.1. The van der Waals surface area contributed by atoms with Gasteiger partial charge in [0.05, 0.1) is 0 Å². The highest BCUT2D eigenvalue weighted by atomic mass is 19.1. The van der Waals surface area contributed by atoms with E-state index in [0.29, 0.717) is 23.7 Å². The smallest absolute Gasteiger partial charge is 0.315 e. The highest BCUT2D eigenvalue weighted by Gasteiger charge is 2.09. The molecule has 7 nitrogen and oxygen atoms in total. The summed E-state index contributed by atoms with van der Waals surface area (Å²) in [5.74, 6) is 1.17. The van der Waals surface area contributed by atoms with Crippen LogP contribution in [0.3, 0.4) is 0 Å². The second-order valence-corrected chi connectivity index (χ2v) is 6.76. The van der Waals surface area contributed by atoms with Gasteiger partial charge in [-0.3, -0.25) is 0 Å². The summed E-state index contributed by atoms with van der Waals surface area (Å²) >= 11 is 0. The zero-order valence-electron chi connectivity index (χ0n) is 17.6. The molecule has 0 saturated heterocycles. The molecule has 0 fully saturated rings. The van der Waals surface area contributed by atoms with Crippen molar-refractivity contribution in [3.8, 4) is 11.6 Å². The van der Waals surface area contributed by atoms with Crippen molar-refractivity contribution in [3.05, 3.63) is 77.9 Å². The Labute approximate surface area is 181 Å². The molecule has 162 valence electrons. The van der Waals surface area contributed by atoms with E-state index >= 15 is 0 Å². The minimum Gasteiger partial charge on any atom is -0.439 e. The second kappa shape index (κ2) is 10.9. The Balaban J connectivity index is 1.52. The van der Waals surface area contributed by atoms with Crippen LogP contribution >= 0.6 is 0 Å². The van der Waals surface area contributed by atoms with Gasteiger partial charge in [0, 0.05) is 50.2 Å². The molecule has 0 spiro atoms. The number of aromatic nitrogens is 2. The predicted molar refractivity (Wildman–Crippen MR) is 118 cm³/mol. The lowest BCUT2D eigenvalue weighted by Gasteiger charge is -2.19. The monoisotopic (exact) mass is 423 g/mol. The van der Waals surface area contributed by atoms with Crippen LogP contribution in [0.5, 0.6) is 11.6 Å². The zero-order valence-corrected chi connectivity index (χ0v) is 17.6. The number of benzene rings is 1. The Morgan fingerprint density at radius 2 is 1.84 bits per heavy atom. The van der Waals surface area contributed by atoms with Gasteiger partial charge in [0.1, 0.15) is 17.4 Å². The quantitative estimate of drug-likeness (QED) is 0.538. The number of carbonyl (C=O) groups is 1. The van der Waals surface area contributed by atoms with E-state index in [1.807, 2.05) is 12.1 Å². The maximum Gasteiger partial charge on any atom is 0.315 e. The molecule has 2 aromatic heterocycles. The van der Waals surface area contributed by atoms with Gasteiger partial charge >= 0.3 is 6.03 Å². The summed E-state index contributed by atoms with van der Waals surface area (Å²) in [6, 6.07) is 12.9. The number of anilines is 1. The fraction of sp³-hybridized carbons (Fsp3) is 0.261. The number of rotatable bonds is 9. The van der Waals surface area contributed by atoms with Crippen LogP contribution in [0.25, 0.3) is 0 Å². The minimum atomic E-state index is -0.396. The van der Waals surface area contributed by atoms with Crippen molar-refractivity contribution in [2.24, 2.45) is 0 Å². The van der Waals surface area contributed by atoms with Gasteiger partial charge in [-0.25, -0.2) is 19.2 Å². The number of halogens is 1. The molecule has 31 heavy (non-hydrogen) atoms. The van der Waals surface area contributed by atoms with Crippen LogP contribution < -0.4 is 20.3 Å². The Morgan fingerprint density at radius 3 is 2.55 bits per heavy atom. The maximum absolute atomic E-state index is 13.4. The van der Waals surface area contributed by atoms with E-state index in [1.165, 1.54) is 12.1 Å². The van der Waals surface area contributed by atoms with Crippen LogP contribution in [0.15, 0.2) is 60.9 Å². The summed E-state index contributed by atoms with van der Waals surface area (Å²) < 4.78 is 19.0. The minimum absolute atomic E-state index is 0.212. The molecule has 0 radical (unpaired) electrons. The molecule has 2 N–H and O–H groups in total. The molecule has 0 aliphatic carbocycles. The molecule has 2 heterocycles. The van der Waals surface area contributed by atoms with E-state index in [1.54, 1.807) is 36.7 Å². The van der Waals surface area contributed by atoms with Crippen molar-refractivity contribution in [2.75, 3.05) is 18.0 Å². The van der Waals surface area contributed by atoms with Crippen molar-refractivity contribution in [1.82, 2.24) is 20.6 Å². The van der Waals surface area contributed by atoms with E-state index in [-0.39, 0.29) is 12.6 Å². The first-order valence-corrected chi connectivity index (χ1v) is 10.2. The topological polar surface area (TPSA) is 79.4 Å². The van der Waals surface area contributed by atoms with Crippen molar-refractivity contribution < 1.29 is 13.9 Å². The normalized spacial score (nSPS) is 10.4. The maximum atomic E-state index is 13.4. The first-order valence-electron chi connectivity index (χ1n) is 10.2. The predicted octanol–water partition coefficient (Wildman–Crippen LogP) is 4.25. The average molecular weight is 423 g/mol. The Kier molecular flexibility index (Phi) is 7.75. The van der Waals surface area contributed by atoms with Gasteiger partial charge in [0.2, 0.25) is 5.88 Å². The first kappa shape index (κ1) is 22.0. The lowest BCUT2D eigenvalue weighted by molar-refractivity contribution is 0.240. The van der Waals surface area contributed by atoms with E-state index < -0.39 is 5.82 Å². The standard InChI is InChI=1S/C23H26FN5O2/c1-3-29(4-2)21-11-10-17(14-26-21)15-27-23(30)28-16-18-7-6-12-25-22(18)31-20-9-5-8-19(24)13-20/h5-14H,3-4,15-16H2,1-2H3,(H2,27,28,30). The van der Waals surface area contributed by atoms with Crippen LogP contribution in [0.4, 0.5) is 15.0 Å². The Hall–Kier alpha value is -3.68. The van der Waals surface area contributed by atoms with Crippen molar-refractivity contribution in [3.63, 3.8) is 0 Å². The van der Waals surface area contributed by atoms with E-state index in [4.69, 9.17) is 4.74 Å². The lowest BCUT2D eigenvalue weighted by Crippen LogP contribution is -2.34. The molecule has 0 aliphatic heterocycles. The number of ether oxygens (including phenoxy) is 1. The molecule has 0 bridgehead atoms. The summed E-state index contributed by atoms with van der Waals surface area (Å²) in [6.07, 6.45) is 3.34. The third kappa shape index (κ3) is 6.40. The van der Waals surface area contributed by atoms with Gasteiger partial charge in [-0.2, -0.15) is 0 Å². The molecule has 8 heteroatoms. The average Bonchev–Trinajstić information content (AvgIpc) is 2.79. The fourth-order valence-electron chi connectivity index (χ4n) is 2.97. The van der Waals surface area contributed by atoms with Crippen LogP contribution in [0, 0.1) is 5.82 Å². The van der Waals surface area contributed by atoms with Crippen molar-refractivity contribution in [1.29, 1.82) is 0 Å². The molecule has 0 aliphatic rings. The van der Waals surface area contributed by atoms with Gasteiger partial charge in [0.15, 0.2) is 0 Å². The van der Waals surface area contributed by atoms with E-state index in [0.717, 1.165) is 24.5 Å². The fourth-order valence-corrected chi connectivity index (χ4v) is 2.97.